The highest BCUT2D eigenvalue weighted by Crippen LogP contribution is 2.34. The highest BCUT2D eigenvalue weighted by atomic mass is 14.9. The van der Waals surface area contributed by atoms with Gasteiger partial charge in [0.2, 0.25) is 0 Å². The van der Waals surface area contributed by atoms with Crippen molar-refractivity contribution in [2.75, 3.05) is 0 Å². The van der Waals surface area contributed by atoms with Crippen LogP contribution in [-0.4, -0.2) is 6.04 Å². The van der Waals surface area contributed by atoms with Gasteiger partial charge in [0.05, 0.1) is 0 Å². The van der Waals surface area contributed by atoms with E-state index >= 15 is 0 Å². The molecule has 3 aromatic rings. The lowest BCUT2D eigenvalue weighted by Crippen LogP contribution is -2.38. The quantitative estimate of drug-likeness (QED) is 0.179. The summed E-state index contributed by atoms with van der Waals surface area (Å²) in [5.41, 5.74) is 8.12. The van der Waals surface area contributed by atoms with Crippen molar-refractivity contribution in [3.8, 4) is 11.1 Å². The van der Waals surface area contributed by atoms with E-state index in [9.17, 15) is 0 Å². The highest BCUT2D eigenvalue weighted by molar-refractivity contribution is 5.63. The van der Waals surface area contributed by atoms with E-state index in [1.807, 2.05) is 13.8 Å². The first-order valence-corrected chi connectivity index (χ1v) is 17.0. The molecule has 0 aliphatic rings. The predicted octanol–water partition coefficient (Wildman–Crippen LogP) is 12.1. The molecule has 0 aliphatic heterocycles. The van der Waals surface area contributed by atoms with Crippen LogP contribution < -0.4 is 5.32 Å². The summed E-state index contributed by atoms with van der Waals surface area (Å²) in [4.78, 5) is 0. The zero-order valence-corrected chi connectivity index (χ0v) is 28.7. The van der Waals surface area contributed by atoms with E-state index < -0.39 is 0 Å². The molecule has 1 nitrogen and oxygen atoms in total. The van der Waals surface area contributed by atoms with Gasteiger partial charge in [-0.2, -0.15) is 0 Å². The Morgan fingerprint density at radius 1 is 0.690 bits per heavy atom. The summed E-state index contributed by atoms with van der Waals surface area (Å²) in [6, 6.07) is 29.2. The smallest absolute Gasteiger partial charge is 0.0208 e. The van der Waals surface area contributed by atoms with Crippen molar-refractivity contribution in [1.29, 1.82) is 0 Å². The molecule has 1 N–H and O–H groups in total. The molecule has 0 saturated carbocycles. The largest absolute Gasteiger partial charge is 0.310 e. The molecule has 0 spiro atoms. The minimum absolute atomic E-state index is 0.408. The number of aryl methyl sites for hydroxylation is 1. The van der Waals surface area contributed by atoms with Crippen molar-refractivity contribution < 1.29 is 0 Å². The van der Waals surface area contributed by atoms with Crippen LogP contribution >= 0.6 is 0 Å². The predicted molar refractivity (Wildman–Crippen MR) is 190 cm³/mol. The first-order chi connectivity index (χ1) is 20.3. The van der Waals surface area contributed by atoms with Gasteiger partial charge in [0.1, 0.15) is 0 Å². The number of benzene rings is 3. The Bertz CT molecular complexity index is 1080. The van der Waals surface area contributed by atoms with Gasteiger partial charge in [0.15, 0.2) is 0 Å². The van der Waals surface area contributed by atoms with Gasteiger partial charge in [-0.15, -0.1) is 0 Å². The number of allylic oxidation sites excluding steroid dienone is 1. The SMILES string of the molecule is C=C(Cc1cccc(CCCC)c1)C(C(C)CC)C(C)C(C)NCc1ccc(-c2ccccc2)cc1.CC.CCCC. The lowest BCUT2D eigenvalue weighted by molar-refractivity contribution is 0.236. The van der Waals surface area contributed by atoms with E-state index in [0.29, 0.717) is 23.8 Å². The standard InChI is InChI=1S/C35H47N.C4H10.C2H6/c1-7-9-14-30-15-13-16-32(24-30)23-27(4)35(26(3)8-2)28(5)29(6)36-25-31-19-21-34(22-20-31)33-17-11-10-12-18-33;1-3-4-2;1-2/h10-13,15-22,24,26,28-29,35-36H,4,7-9,14,23,25H2,1-3,5-6H3;3-4H2,1-2H3;1-2H3. The third-order valence-electron chi connectivity index (χ3n) is 8.51. The molecule has 42 heavy (non-hydrogen) atoms. The van der Waals surface area contributed by atoms with Crippen LogP contribution in [-0.2, 0) is 19.4 Å². The summed E-state index contributed by atoms with van der Waals surface area (Å²) in [5, 5.41) is 3.83. The minimum Gasteiger partial charge on any atom is -0.310 e. The van der Waals surface area contributed by atoms with E-state index in [1.54, 1.807) is 0 Å². The fraction of sp³-hybridized carbons (Fsp3) is 0.512. The molecule has 0 amide bonds. The first kappa shape index (κ1) is 37.4. The Morgan fingerprint density at radius 3 is 1.86 bits per heavy atom. The molecule has 3 rings (SSSR count). The van der Waals surface area contributed by atoms with E-state index in [4.69, 9.17) is 0 Å². The lowest BCUT2D eigenvalue weighted by atomic mass is 9.73. The summed E-state index contributed by atoms with van der Waals surface area (Å²) < 4.78 is 0. The van der Waals surface area contributed by atoms with Crippen LogP contribution in [0.2, 0.25) is 0 Å². The van der Waals surface area contributed by atoms with Gasteiger partial charge in [-0.1, -0.05) is 172 Å². The second-order valence-corrected chi connectivity index (χ2v) is 11.8. The summed E-state index contributed by atoms with van der Waals surface area (Å²) >= 11 is 0. The number of nitrogens with one attached hydrogen (secondary N) is 1. The summed E-state index contributed by atoms with van der Waals surface area (Å²) in [6.45, 7) is 25.6. The van der Waals surface area contributed by atoms with Crippen molar-refractivity contribution >= 4 is 0 Å². The minimum atomic E-state index is 0.408. The number of rotatable bonds is 15. The van der Waals surface area contributed by atoms with Crippen LogP contribution in [0.1, 0.15) is 111 Å². The van der Waals surface area contributed by atoms with Gasteiger partial charge in [0, 0.05) is 12.6 Å². The Balaban J connectivity index is 0.00000135. The maximum Gasteiger partial charge on any atom is 0.0208 e. The molecule has 0 aromatic heterocycles. The zero-order valence-electron chi connectivity index (χ0n) is 28.7. The molecule has 1 heteroatoms. The van der Waals surface area contributed by atoms with Gasteiger partial charge in [-0.3, -0.25) is 0 Å². The van der Waals surface area contributed by atoms with E-state index in [2.05, 4.69) is 139 Å². The Labute approximate surface area is 261 Å². The normalized spacial score (nSPS) is 13.5. The zero-order chi connectivity index (χ0) is 31.3. The van der Waals surface area contributed by atoms with Gasteiger partial charge >= 0.3 is 0 Å². The van der Waals surface area contributed by atoms with Gasteiger partial charge < -0.3 is 5.32 Å². The fourth-order valence-corrected chi connectivity index (χ4v) is 5.42. The second kappa shape index (κ2) is 22.0. The Morgan fingerprint density at radius 2 is 1.29 bits per heavy atom. The summed E-state index contributed by atoms with van der Waals surface area (Å²) in [6.07, 6.45) is 8.47. The molecule has 0 heterocycles. The average Bonchev–Trinajstić information content (AvgIpc) is 3.04. The maximum atomic E-state index is 4.64. The van der Waals surface area contributed by atoms with Crippen molar-refractivity contribution in [3.63, 3.8) is 0 Å². The third-order valence-corrected chi connectivity index (χ3v) is 8.51. The molecule has 4 atom stereocenters. The molecule has 232 valence electrons. The fourth-order valence-electron chi connectivity index (χ4n) is 5.42. The molecule has 4 unspecified atom stereocenters. The molecule has 0 fully saturated rings. The van der Waals surface area contributed by atoms with Crippen molar-refractivity contribution in [2.24, 2.45) is 17.8 Å². The third kappa shape index (κ3) is 13.1. The van der Waals surface area contributed by atoms with Crippen molar-refractivity contribution in [3.05, 3.63) is 108 Å². The van der Waals surface area contributed by atoms with Crippen molar-refractivity contribution in [1.82, 2.24) is 5.32 Å². The van der Waals surface area contributed by atoms with Crippen LogP contribution in [0.5, 0.6) is 0 Å². The van der Waals surface area contributed by atoms with Crippen LogP contribution in [0.4, 0.5) is 0 Å². The van der Waals surface area contributed by atoms with E-state index in [1.165, 1.54) is 71.9 Å². The lowest BCUT2D eigenvalue weighted by Gasteiger charge is -2.35. The summed E-state index contributed by atoms with van der Waals surface area (Å²) in [7, 11) is 0. The summed E-state index contributed by atoms with van der Waals surface area (Å²) in [5.74, 6) is 1.63. The van der Waals surface area contributed by atoms with Crippen LogP contribution in [0, 0.1) is 17.8 Å². The molecule has 3 aromatic carbocycles. The van der Waals surface area contributed by atoms with Crippen LogP contribution in [0.3, 0.4) is 0 Å². The molecular formula is C41H63N. The molecular weight excluding hydrogens is 506 g/mol. The molecule has 0 radical (unpaired) electrons. The molecule has 0 saturated heterocycles. The topological polar surface area (TPSA) is 12.0 Å². The van der Waals surface area contributed by atoms with E-state index in [-0.39, 0.29) is 0 Å². The maximum absolute atomic E-state index is 4.64. The van der Waals surface area contributed by atoms with E-state index in [0.717, 1.165) is 13.0 Å². The van der Waals surface area contributed by atoms with Crippen molar-refractivity contribution in [2.45, 2.75) is 120 Å². The Kier molecular flexibility index (Phi) is 19.6. The highest BCUT2D eigenvalue weighted by Gasteiger charge is 2.29. The first-order valence-electron chi connectivity index (χ1n) is 17.0. The second-order valence-electron chi connectivity index (χ2n) is 11.8. The van der Waals surface area contributed by atoms with Gasteiger partial charge in [-0.25, -0.2) is 0 Å². The number of hydrogen-bond donors (Lipinski definition) is 1. The van der Waals surface area contributed by atoms with Crippen LogP contribution in [0.15, 0.2) is 91.0 Å². The Hall–Kier alpha value is -2.64. The van der Waals surface area contributed by atoms with Gasteiger partial charge in [0.25, 0.3) is 0 Å². The van der Waals surface area contributed by atoms with Crippen LogP contribution in [0.25, 0.3) is 11.1 Å². The number of hydrogen-bond acceptors (Lipinski definition) is 1. The molecule has 0 bridgehead atoms. The monoisotopic (exact) mass is 569 g/mol. The molecule has 0 aliphatic carbocycles. The number of unbranched alkanes of at least 4 members (excludes halogenated alkanes) is 2. The average molecular weight is 570 g/mol. The van der Waals surface area contributed by atoms with Gasteiger partial charge in [-0.05, 0) is 71.8 Å².